The molecule has 0 aromatic heterocycles. The summed E-state index contributed by atoms with van der Waals surface area (Å²) in [6, 6.07) is 0. The molecular weight excluding hydrogens is 669 g/mol. The minimum atomic E-state index is -0.486. The first-order valence-electron chi connectivity index (χ1n) is 23.9. The van der Waals surface area contributed by atoms with Crippen molar-refractivity contribution in [2.75, 3.05) is 67.6 Å². The molecule has 0 atom stereocenters. The molecule has 0 radical (unpaired) electrons. The predicted octanol–water partition coefficient (Wildman–Crippen LogP) is 12.2. The summed E-state index contributed by atoms with van der Waals surface area (Å²) in [6.07, 6.45) is 38.3. The van der Waals surface area contributed by atoms with Crippen LogP contribution in [-0.2, 0) is 19.1 Å². The van der Waals surface area contributed by atoms with Crippen molar-refractivity contribution in [1.29, 1.82) is 0 Å². The van der Waals surface area contributed by atoms with Crippen molar-refractivity contribution >= 4 is 11.9 Å². The first kappa shape index (κ1) is 47.2. The van der Waals surface area contributed by atoms with Gasteiger partial charge in [-0.05, 0) is 76.0 Å². The molecule has 4 saturated carbocycles. The molecule has 0 N–H and O–H groups in total. The van der Waals surface area contributed by atoms with Crippen molar-refractivity contribution in [3.8, 4) is 0 Å². The molecule has 0 aliphatic heterocycles. The number of ether oxygens (including phenoxy) is 2. The first-order chi connectivity index (χ1) is 25.9. The Bertz CT molecular complexity index is 934. The lowest BCUT2D eigenvalue weighted by Crippen LogP contribution is -2.58. The van der Waals surface area contributed by atoms with Crippen LogP contribution in [0.5, 0.6) is 0 Å². The molecule has 6 heteroatoms. The molecule has 4 bridgehead atoms. The summed E-state index contributed by atoms with van der Waals surface area (Å²) in [5.74, 6) is 0.837. The van der Waals surface area contributed by atoms with Crippen molar-refractivity contribution in [2.24, 2.45) is 22.7 Å². The van der Waals surface area contributed by atoms with Crippen molar-refractivity contribution in [3.63, 3.8) is 0 Å². The number of quaternary nitrogens is 2. The molecule has 0 saturated heterocycles. The highest BCUT2D eigenvalue weighted by atomic mass is 16.5. The third-order valence-corrected chi connectivity index (χ3v) is 14.0. The second-order valence-electron chi connectivity index (χ2n) is 20.3. The smallest absolute Gasteiger partial charge is 0.312 e. The molecule has 4 fully saturated rings. The van der Waals surface area contributed by atoms with E-state index in [0.717, 1.165) is 67.2 Å². The van der Waals surface area contributed by atoms with Crippen molar-refractivity contribution in [1.82, 2.24) is 0 Å². The lowest BCUT2D eigenvalue weighted by molar-refractivity contribution is -0.890. The molecule has 4 aliphatic carbocycles. The molecule has 0 heterocycles. The fraction of sp³-hybridized carbons (Fsp3) is 0.958. The molecule has 0 unspecified atom stereocenters. The highest BCUT2D eigenvalue weighted by molar-refractivity contribution is 5.83. The summed E-state index contributed by atoms with van der Waals surface area (Å²) in [7, 11) is 9.11. The van der Waals surface area contributed by atoms with Crippen molar-refractivity contribution < 1.29 is 28.0 Å². The topological polar surface area (TPSA) is 52.6 Å². The van der Waals surface area contributed by atoms with Crippen LogP contribution in [0, 0.1) is 22.7 Å². The highest BCUT2D eigenvalue weighted by Gasteiger charge is 2.64. The standard InChI is InChI=1S/C48H92N2O4/c1-7-9-11-13-15-17-19-21-23-25-27-29-31-49(3,4)33-35-53-45(51)47-38-43-37-44(39-47)41-48(40-43,42-47)46(52)54-36-34-50(5,6)32-30-28-26-24-22-20-18-16-14-12-10-8-2/h43-44H,7-42H2,1-6H3/q+2. The van der Waals surface area contributed by atoms with E-state index >= 15 is 0 Å². The van der Waals surface area contributed by atoms with Gasteiger partial charge in [0.1, 0.15) is 26.3 Å². The fourth-order valence-corrected chi connectivity index (χ4v) is 10.8. The lowest BCUT2D eigenvalue weighted by Gasteiger charge is -2.59. The fourth-order valence-electron chi connectivity index (χ4n) is 10.8. The summed E-state index contributed by atoms with van der Waals surface area (Å²) < 4.78 is 14.0. The maximum Gasteiger partial charge on any atom is 0.312 e. The number of hydrogen-bond acceptors (Lipinski definition) is 4. The van der Waals surface area contributed by atoms with Crippen LogP contribution in [0.1, 0.15) is 206 Å². The molecule has 316 valence electrons. The Hall–Kier alpha value is -1.14. The largest absolute Gasteiger partial charge is 0.459 e. The number of nitrogens with zero attached hydrogens (tertiary/aromatic N) is 2. The van der Waals surface area contributed by atoms with Gasteiger partial charge >= 0.3 is 11.9 Å². The quantitative estimate of drug-likeness (QED) is 0.0372. The zero-order valence-electron chi connectivity index (χ0n) is 37.1. The van der Waals surface area contributed by atoms with E-state index in [2.05, 4.69) is 42.0 Å². The maximum absolute atomic E-state index is 13.8. The van der Waals surface area contributed by atoms with Gasteiger partial charge in [0.2, 0.25) is 0 Å². The Kier molecular flexibility index (Phi) is 22.1. The van der Waals surface area contributed by atoms with E-state index < -0.39 is 10.8 Å². The maximum atomic E-state index is 13.8. The van der Waals surface area contributed by atoms with Gasteiger partial charge in [0.25, 0.3) is 0 Å². The van der Waals surface area contributed by atoms with Gasteiger partial charge in [0.15, 0.2) is 0 Å². The van der Waals surface area contributed by atoms with Gasteiger partial charge in [-0.25, -0.2) is 0 Å². The van der Waals surface area contributed by atoms with Crippen LogP contribution in [0.4, 0.5) is 0 Å². The van der Waals surface area contributed by atoms with Crippen LogP contribution in [0.25, 0.3) is 0 Å². The Morgan fingerprint density at radius 2 is 0.722 bits per heavy atom. The van der Waals surface area contributed by atoms with Crippen LogP contribution < -0.4 is 0 Å². The molecule has 4 rings (SSSR count). The zero-order chi connectivity index (χ0) is 39.2. The minimum absolute atomic E-state index is 0.0284. The highest BCUT2D eigenvalue weighted by Crippen LogP contribution is 2.66. The molecule has 6 nitrogen and oxygen atoms in total. The summed E-state index contributed by atoms with van der Waals surface area (Å²) in [5, 5.41) is 0. The Morgan fingerprint density at radius 3 is 1.02 bits per heavy atom. The van der Waals surface area contributed by atoms with E-state index in [4.69, 9.17) is 9.47 Å². The van der Waals surface area contributed by atoms with E-state index in [1.807, 2.05) is 0 Å². The summed E-state index contributed by atoms with van der Waals surface area (Å²) >= 11 is 0. The van der Waals surface area contributed by atoms with Gasteiger partial charge in [-0.15, -0.1) is 0 Å². The third-order valence-electron chi connectivity index (χ3n) is 14.0. The number of carbonyl (C=O) groups excluding carboxylic acids is 2. The first-order valence-corrected chi connectivity index (χ1v) is 23.9. The monoisotopic (exact) mass is 761 g/mol. The number of rotatable bonds is 34. The average molecular weight is 761 g/mol. The normalized spacial score (nSPS) is 23.6. The molecule has 54 heavy (non-hydrogen) atoms. The summed E-state index contributed by atoms with van der Waals surface area (Å²) in [6.45, 7) is 9.50. The number of esters is 2. The minimum Gasteiger partial charge on any atom is -0.459 e. The van der Waals surface area contributed by atoms with Gasteiger partial charge in [0, 0.05) is 0 Å². The molecule has 0 spiro atoms. The Morgan fingerprint density at radius 1 is 0.444 bits per heavy atom. The third kappa shape index (κ3) is 17.6. The summed E-state index contributed by atoms with van der Waals surface area (Å²) in [5.41, 5.74) is -0.973. The van der Waals surface area contributed by atoms with E-state index in [-0.39, 0.29) is 11.9 Å². The van der Waals surface area contributed by atoms with E-state index in [1.54, 1.807) is 0 Å². The number of hydrogen-bond donors (Lipinski definition) is 0. The number of carbonyl (C=O) groups is 2. The van der Waals surface area contributed by atoms with Crippen LogP contribution in [0.3, 0.4) is 0 Å². The zero-order valence-corrected chi connectivity index (χ0v) is 37.1. The Balaban J connectivity index is 1.29. The molecule has 0 amide bonds. The van der Waals surface area contributed by atoms with E-state index in [0.29, 0.717) is 31.5 Å². The number of unbranched alkanes of at least 4 members (excludes halogenated alkanes) is 22. The average Bonchev–Trinajstić information content (AvgIpc) is 3.11. The van der Waals surface area contributed by atoms with Gasteiger partial charge in [-0.1, -0.05) is 142 Å². The van der Waals surface area contributed by atoms with Gasteiger partial charge in [-0.3, -0.25) is 9.59 Å². The van der Waals surface area contributed by atoms with Crippen LogP contribution in [-0.4, -0.2) is 88.5 Å². The Labute approximate surface area is 335 Å². The van der Waals surface area contributed by atoms with Crippen LogP contribution in [0.15, 0.2) is 0 Å². The van der Waals surface area contributed by atoms with E-state index in [1.165, 1.54) is 154 Å². The SMILES string of the molecule is CCCCCCCCCCCCCC[N+](C)(C)CCOC(=O)C12CC3CC(C1)CC(C(=O)OCC[N+](C)(C)CCCCCCCCCCCCCC)(C3)C2. The number of likely N-dealkylation sites (N-methyl/N-ethyl adjacent to an activating group) is 2. The van der Waals surface area contributed by atoms with Gasteiger partial charge in [0.05, 0.1) is 52.1 Å². The second-order valence-corrected chi connectivity index (χ2v) is 20.3. The summed E-state index contributed by atoms with van der Waals surface area (Å²) in [4.78, 5) is 27.7. The van der Waals surface area contributed by atoms with Crippen LogP contribution >= 0.6 is 0 Å². The van der Waals surface area contributed by atoms with Gasteiger partial charge in [-0.2, -0.15) is 0 Å². The van der Waals surface area contributed by atoms with E-state index in [9.17, 15) is 9.59 Å². The predicted molar refractivity (Wildman–Crippen MR) is 227 cm³/mol. The van der Waals surface area contributed by atoms with Gasteiger partial charge < -0.3 is 18.4 Å². The van der Waals surface area contributed by atoms with Crippen molar-refractivity contribution in [3.05, 3.63) is 0 Å². The van der Waals surface area contributed by atoms with Crippen LogP contribution in [0.2, 0.25) is 0 Å². The van der Waals surface area contributed by atoms with Crippen molar-refractivity contribution in [2.45, 2.75) is 206 Å². The second kappa shape index (κ2) is 25.3. The molecular formula is C48H92N2O4+2. The molecule has 4 aliphatic rings. The molecule has 0 aromatic carbocycles. The molecule has 0 aromatic rings. The lowest BCUT2D eigenvalue weighted by atomic mass is 9.44.